The van der Waals surface area contributed by atoms with E-state index in [0.29, 0.717) is 18.6 Å². The molecule has 0 saturated heterocycles. The maximum absolute atomic E-state index is 12.0. The van der Waals surface area contributed by atoms with E-state index in [1.807, 2.05) is 18.3 Å². The van der Waals surface area contributed by atoms with Crippen molar-refractivity contribution < 1.29 is 19.4 Å². The smallest absolute Gasteiger partial charge is 0.311 e. The van der Waals surface area contributed by atoms with E-state index in [4.69, 9.17) is 9.84 Å². The molecule has 2 aromatic rings. The van der Waals surface area contributed by atoms with Gasteiger partial charge in [0.15, 0.2) is 5.75 Å². The molecular weight excluding hydrogens is 320 g/mol. The fraction of sp³-hybridized carbons (Fsp3) is 0.474. The average Bonchev–Trinajstić information content (AvgIpc) is 3.00. The van der Waals surface area contributed by atoms with Crippen LogP contribution in [0.15, 0.2) is 24.4 Å². The number of benzene rings is 1. The predicted octanol–water partition coefficient (Wildman–Crippen LogP) is 3.21. The molecule has 0 aliphatic heterocycles. The van der Waals surface area contributed by atoms with Crippen molar-refractivity contribution >= 4 is 22.8 Å². The Hall–Kier alpha value is -2.34. The number of carbonyl (C=O) groups is 2. The summed E-state index contributed by atoms with van der Waals surface area (Å²) >= 11 is 0. The number of aliphatic carboxylic acids is 1. The summed E-state index contributed by atoms with van der Waals surface area (Å²) in [7, 11) is 2.09. The molecule has 1 aromatic carbocycles. The number of rotatable bonds is 10. The molecule has 25 heavy (non-hydrogen) atoms. The molecule has 2 N–H and O–H groups in total. The van der Waals surface area contributed by atoms with Crippen LogP contribution < -0.4 is 4.74 Å². The number of fused-ring (bicyclic) bond motifs is 1. The molecule has 0 unspecified atom stereocenters. The molecule has 0 saturated carbocycles. The maximum Gasteiger partial charge on any atom is 0.311 e. The van der Waals surface area contributed by atoms with Crippen LogP contribution in [0.25, 0.3) is 10.9 Å². The Balaban J connectivity index is 1.98. The number of unbranched alkanes of at least 4 members (excludes halogenated alkanes) is 1. The van der Waals surface area contributed by atoms with Crippen molar-refractivity contribution in [2.24, 2.45) is 0 Å². The average molecular weight is 346 g/mol. The Labute approximate surface area is 147 Å². The lowest BCUT2D eigenvalue weighted by atomic mass is 10.1. The van der Waals surface area contributed by atoms with E-state index in [-0.39, 0.29) is 18.8 Å². The molecule has 0 aliphatic rings. The van der Waals surface area contributed by atoms with Gasteiger partial charge < -0.3 is 19.7 Å². The molecule has 0 fully saturated rings. The summed E-state index contributed by atoms with van der Waals surface area (Å²) in [5, 5.41) is 9.68. The lowest BCUT2D eigenvalue weighted by Gasteiger charge is -2.12. The quantitative estimate of drug-likeness (QED) is 0.392. The monoisotopic (exact) mass is 346 g/mol. The Bertz CT molecular complexity index is 723. The molecule has 0 aliphatic carbocycles. The summed E-state index contributed by atoms with van der Waals surface area (Å²) in [6.45, 7) is 4.10. The number of ether oxygens (including phenoxy) is 1. The third-order valence-corrected chi connectivity index (χ3v) is 4.31. The molecule has 0 bridgehead atoms. The highest BCUT2D eigenvalue weighted by molar-refractivity contribution is 5.90. The molecule has 0 spiro atoms. The van der Waals surface area contributed by atoms with Gasteiger partial charge in [-0.3, -0.25) is 9.59 Å². The summed E-state index contributed by atoms with van der Waals surface area (Å²) in [5.74, 6) is -0.652. The SMILES string of the molecule is CCN(C)CCc1c[nH]c2c(OC(=O)CCCCC(=O)O)cccc12. The van der Waals surface area contributed by atoms with Gasteiger partial charge in [-0.15, -0.1) is 0 Å². The predicted molar refractivity (Wildman–Crippen MR) is 96.9 cm³/mol. The van der Waals surface area contributed by atoms with Crippen molar-refractivity contribution in [1.82, 2.24) is 9.88 Å². The Kier molecular flexibility index (Phi) is 7.01. The second kappa shape index (κ2) is 9.22. The van der Waals surface area contributed by atoms with E-state index in [9.17, 15) is 9.59 Å². The zero-order valence-corrected chi connectivity index (χ0v) is 14.9. The third-order valence-electron chi connectivity index (χ3n) is 4.31. The van der Waals surface area contributed by atoms with Crippen molar-refractivity contribution in [1.29, 1.82) is 0 Å². The number of para-hydroxylation sites is 1. The minimum absolute atomic E-state index is 0.0784. The van der Waals surface area contributed by atoms with Gasteiger partial charge in [0, 0.05) is 31.0 Å². The topological polar surface area (TPSA) is 82.6 Å². The Morgan fingerprint density at radius 2 is 2.00 bits per heavy atom. The van der Waals surface area contributed by atoms with Crippen molar-refractivity contribution in [3.63, 3.8) is 0 Å². The van der Waals surface area contributed by atoms with Crippen LogP contribution >= 0.6 is 0 Å². The Morgan fingerprint density at radius 1 is 1.24 bits per heavy atom. The van der Waals surface area contributed by atoms with E-state index >= 15 is 0 Å². The van der Waals surface area contributed by atoms with Crippen molar-refractivity contribution in [3.8, 4) is 5.75 Å². The maximum atomic E-state index is 12.0. The van der Waals surface area contributed by atoms with E-state index < -0.39 is 5.97 Å². The molecule has 2 rings (SSSR count). The fourth-order valence-corrected chi connectivity index (χ4v) is 2.67. The molecule has 0 amide bonds. The van der Waals surface area contributed by atoms with Gasteiger partial charge in [0.1, 0.15) is 0 Å². The summed E-state index contributed by atoms with van der Waals surface area (Å²) in [4.78, 5) is 27.9. The number of aromatic nitrogens is 1. The molecule has 6 heteroatoms. The van der Waals surface area contributed by atoms with E-state index in [1.54, 1.807) is 6.07 Å². The van der Waals surface area contributed by atoms with Gasteiger partial charge in [0.25, 0.3) is 0 Å². The molecule has 136 valence electrons. The van der Waals surface area contributed by atoms with Crippen molar-refractivity contribution in [3.05, 3.63) is 30.0 Å². The van der Waals surface area contributed by atoms with Gasteiger partial charge in [-0.1, -0.05) is 19.1 Å². The van der Waals surface area contributed by atoms with Gasteiger partial charge in [0.2, 0.25) is 0 Å². The molecule has 6 nitrogen and oxygen atoms in total. The van der Waals surface area contributed by atoms with Crippen LogP contribution in [0.1, 0.15) is 38.2 Å². The lowest BCUT2D eigenvalue weighted by Crippen LogP contribution is -2.20. The number of nitrogens with zero attached hydrogens (tertiary/aromatic N) is 1. The summed E-state index contributed by atoms with van der Waals surface area (Å²) in [6.07, 6.45) is 4.19. The molecule has 1 aromatic heterocycles. The van der Waals surface area contributed by atoms with Gasteiger partial charge in [0.05, 0.1) is 5.52 Å². The highest BCUT2D eigenvalue weighted by Crippen LogP contribution is 2.28. The molecular formula is C19H26N2O4. The first-order valence-electron chi connectivity index (χ1n) is 8.71. The number of esters is 1. The van der Waals surface area contributed by atoms with Crippen LogP contribution in [-0.4, -0.2) is 47.1 Å². The van der Waals surface area contributed by atoms with Crippen LogP contribution in [0.4, 0.5) is 0 Å². The van der Waals surface area contributed by atoms with Crippen LogP contribution in [0.5, 0.6) is 5.75 Å². The number of hydrogen-bond acceptors (Lipinski definition) is 4. The first kappa shape index (κ1) is 19.0. The van der Waals surface area contributed by atoms with Gasteiger partial charge in [-0.05, 0) is 44.5 Å². The normalized spacial score (nSPS) is 11.2. The molecule has 1 heterocycles. The van der Waals surface area contributed by atoms with E-state index in [0.717, 1.165) is 30.4 Å². The summed E-state index contributed by atoms with van der Waals surface area (Å²) in [6, 6.07) is 5.68. The number of H-pyrrole nitrogens is 1. The fourth-order valence-electron chi connectivity index (χ4n) is 2.67. The number of carbonyl (C=O) groups excluding carboxylic acids is 1. The molecule has 0 atom stereocenters. The lowest BCUT2D eigenvalue weighted by molar-refractivity contribution is -0.138. The van der Waals surface area contributed by atoms with Crippen LogP contribution in [0.2, 0.25) is 0 Å². The first-order valence-corrected chi connectivity index (χ1v) is 8.71. The van der Waals surface area contributed by atoms with Gasteiger partial charge in [-0.25, -0.2) is 0 Å². The molecule has 0 radical (unpaired) electrons. The van der Waals surface area contributed by atoms with Gasteiger partial charge >= 0.3 is 11.9 Å². The highest BCUT2D eigenvalue weighted by atomic mass is 16.5. The van der Waals surface area contributed by atoms with Crippen LogP contribution in [0.3, 0.4) is 0 Å². The standard InChI is InChI=1S/C19H26N2O4/c1-3-21(2)12-11-14-13-20-19-15(14)7-6-8-16(19)25-18(24)10-5-4-9-17(22)23/h6-8,13,20H,3-5,9-12H2,1-2H3,(H,22,23). The minimum Gasteiger partial charge on any atom is -0.481 e. The second-order valence-electron chi connectivity index (χ2n) is 6.21. The third kappa shape index (κ3) is 5.60. The van der Waals surface area contributed by atoms with E-state index in [1.165, 1.54) is 5.56 Å². The highest BCUT2D eigenvalue weighted by Gasteiger charge is 2.12. The number of nitrogens with one attached hydrogen (secondary N) is 1. The number of carboxylic acid groups (broad SMARTS) is 1. The summed E-state index contributed by atoms with van der Waals surface area (Å²) < 4.78 is 5.47. The Morgan fingerprint density at radius 3 is 2.72 bits per heavy atom. The summed E-state index contributed by atoms with van der Waals surface area (Å²) in [5.41, 5.74) is 2.03. The zero-order chi connectivity index (χ0) is 18.2. The first-order chi connectivity index (χ1) is 12.0. The minimum atomic E-state index is -0.842. The van der Waals surface area contributed by atoms with E-state index in [2.05, 4.69) is 23.9 Å². The number of hydrogen-bond donors (Lipinski definition) is 2. The van der Waals surface area contributed by atoms with Crippen molar-refractivity contribution in [2.45, 2.75) is 39.0 Å². The number of aromatic amines is 1. The van der Waals surface area contributed by atoms with Crippen molar-refractivity contribution in [2.75, 3.05) is 20.1 Å². The van der Waals surface area contributed by atoms with Gasteiger partial charge in [-0.2, -0.15) is 0 Å². The van der Waals surface area contributed by atoms with Crippen LogP contribution in [-0.2, 0) is 16.0 Å². The number of carboxylic acids is 1. The second-order valence-corrected chi connectivity index (χ2v) is 6.21. The largest absolute Gasteiger partial charge is 0.481 e. The zero-order valence-electron chi connectivity index (χ0n) is 14.9. The number of likely N-dealkylation sites (N-methyl/N-ethyl adjacent to an activating group) is 1. The van der Waals surface area contributed by atoms with Crippen LogP contribution in [0, 0.1) is 0 Å².